The second kappa shape index (κ2) is 8.20. The Kier molecular flexibility index (Phi) is 5.46. The van der Waals surface area contributed by atoms with Crippen LogP contribution >= 0.6 is 11.3 Å². The van der Waals surface area contributed by atoms with Crippen molar-refractivity contribution in [3.05, 3.63) is 87.1 Å². The molecule has 0 aliphatic rings. The molecule has 0 bridgehead atoms. The van der Waals surface area contributed by atoms with Gasteiger partial charge in [-0.05, 0) is 69.2 Å². The van der Waals surface area contributed by atoms with Gasteiger partial charge in [0.15, 0.2) is 0 Å². The van der Waals surface area contributed by atoms with Crippen molar-refractivity contribution in [1.29, 1.82) is 0 Å². The first-order chi connectivity index (χ1) is 14.4. The lowest BCUT2D eigenvalue weighted by molar-refractivity contribution is 0.0956. The molecule has 5 heteroatoms. The average Bonchev–Trinajstić information content (AvgIpc) is 3.19. The van der Waals surface area contributed by atoms with Crippen molar-refractivity contribution >= 4 is 33.9 Å². The summed E-state index contributed by atoms with van der Waals surface area (Å²) in [6.45, 7) is 8.12. The standard InChI is InChI=1S/C25H23N3OS/c1-15-9-11-19(13-16(15)2)23-14-21(20-7-5-6-8-22(20)26-23)25(29)28-27-18(4)24-12-10-17(3)30-24/h5-14H,1-4H3,(H,28,29). The molecular weight excluding hydrogens is 390 g/mol. The predicted octanol–water partition coefficient (Wildman–Crippen LogP) is 6.04. The summed E-state index contributed by atoms with van der Waals surface area (Å²) in [6, 6.07) is 19.8. The summed E-state index contributed by atoms with van der Waals surface area (Å²) in [5, 5.41) is 5.13. The molecule has 4 nitrogen and oxygen atoms in total. The highest BCUT2D eigenvalue weighted by atomic mass is 32.1. The molecule has 0 aliphatic carbocycles. The van der Waals surface area contributed by atoms with Crippen LogP contribution in [0.5, 0.6) is 0 Å². The van der Waals surface area contributed by atoms with E-state index in [-0.39, 0.29) is 5.91 Å². The van der Waals surface area contributed by atoms with E-state index in [1.165, 1.54) is 16.0 Å². The number of fused-ring (bicyclic) bond motifs is 1. The highest BCUT2D eigenvalue weighted by Gasteiger charge is 2.14. The molecule has 0 saturated heterocycles. The largest absolute Gasteiger partial charge is 0.272 e. The highest BCUT2D eigenvalue weighted by molar-refractivity contribution is 7.14. The highest BCUT2D eigenvalue weighted by Crippen LogP contribution is 2.26. The van der Waals surface area contributed by atoms with Crippen molar-refractivity contribution in [2.75, 3.05) is 0 Å². The van der Waals surface area contributed by atoms with Gasteiger partial charge in [0.1, 0.15) is 0 Å². The molecule has 0 saturated carbocycles. The number of hydrazone groups is 1. The Hall–Kier alpha value is -3.31. The number of nitrogens with one attached hydrogen (secondary N) is 1. The maximum atomic E-state index is 13.1. The molecule has 30 heavy (non-hydrogen) atoms. The predicted molar refractivity (Wildman–Crippen MR) is 125 cm³/mol. The molecule has 0 fully saturated rings. The van der Waals surface area contributed by atoms with E-state index >= 15 is 0 Å². The second-order valence-corrected chi connectivity index (χ2v) is 8.71. The van der Waals surface area contributed by atoms with Crippen LogP contribution in [0.1, 0.15) is 38.2 Å². The van der Waals surface area contributed by atoms with Crippen molar-refractivity contribution in [1.82, 2.24) is 10.4 Å². The van der Waals surface area contributed by atoms with Gasteiger partial charge in [0, 0.05) is 15.8 Å². The van der Waals surface area contributed by atoms with Crippen LogP contribution in [-0.2, 0) is 0 Å². The molecule has 1 amide bonds. The number of pyridine rings is 1. The minimum absolute atomic E-state index is 0.244. The Morgan fingerprint density at radius 3 is 2.50 bits per heavy atom. The van der Waals surface area contributed by atoms with E-state index in [1.54, 1.807) is 11.3 Å². The number of amides is 1. The van der Waals surface area contributed by atoms with Gasteiger partial charge >= 0.3 is 0 Å². The Balaban J connectivity index is 1.73. The van der Waals surface area contributed by atoms with Crippen molar-refractivity contribution in [2.24, 2.45) is 5.10 Å². The number of nitrogens with zero attached hydrogens (tertiary/aromatic N) is 2. The molecule has 2 heterocycles. The third-order valence-electron chi connectivity index (χ3n) is 5.19. The zero-order valence-electron chi connectivity index (χ0n) is 17.5. The van der Waals surface area contributed by atoms with E-state index in [2.05, 4.69) is 43.4 Å². The van der Waals surface area contributed by atoms with E-state index in [0.717, 1.165) is 32.7 Å². The monoisotopic (exact) mass is 413 g/mol. The molecule has 4 rings (SSSR count). The molecule has 2 aromatic carbocycles. The van der Waals surface area contributed by atoms with Gasteiger partial charge in [0.25, 0.3) is 5.91 Å². The Morgan fingerprint density at radius 1 is 0.967 bits per heavy atom. The van der Waals surface area contributed by atoms with Crippen molar-refractivity contribution in [3.8, 4) is 11.3 Å². The fourth-order valence-electron chi connectivity index (χ4n) is 3.29. The fraction of sp³-hybridized carbons (Fsp3) is 0.160. The van der Waals surface area contributed by atoms with E-state index < -0.39 is 0 Å². The molecule has 0 aliphatic heterocycles. The number of thiophene rings is 1. The second-order valence-electron chi connectivity index (χ2n) is 7.42. The molecular formula is C25H23N3OS. The number of aryl methyl sites for hydroxylation is 3. The third-order valence-corrected chi connectivity index (χ3v) is 6.30. The summed E-state index contributed by atoms with van der Waals surface area (Å²) < 4.78 is 0. The van der Waals surface area contributed by atoms with Crippen LogP contribution in [0.4, 0.5) is 0 Å². The Labute approximate surface area is 180 Å². The van der Waals surface area contributed by atoms with Crippen LogP contribution in [0.3, 0.4) is 0 Å². The number of para-hydroxylation sites is 1. The summed E-state index contributed by atoms with van der Waals surface area (Å²) in [5.41, 5.74) is 9.05. The van der Waals surface area contributed by atoms with Gasteiger partial charge in [-0.25, -0.2) is 10.4 Å². The lowest BCUT2D eigenvalue weighted by Crippen LogP contribution is -2.19. The first-order valence-corrected chi connectivity index (χ1v) is 10.6. The van der Waals surface area contributed by atoms with Gasteiger partial charge < -0.3 is 0 Å². The number of rotatable bonds is 4. The minimum atomic E-state index is -0.244. The van der Waals surface area contributed by atoms with Gasteiger partial charge in [0.05, 0.1) is 27.4 Å². The number of carbonyl (C=O) groups is 1. The molecule has 0 spiro atoms. The normalized spacial score (nSPS) is 11.7. The van der Waals surface area contributed by atoms with Gasteiger partial charge in [-0.1, -0.05) is 30.3 Å². The van der Waals surface area contributed by atoms with Gasteiger partial charge in [-0.15, -0.1) is 11.3 Å². The van der Waals surface area contributed by atoms with Crippen LogP contribution in [0.2, 0.25) is 0 Å². The van der Waals surface area contributed by atoms with Crippen molar-refractivity contribution in [3.63, 3.8) is 0 Å². The molecule has 150 valence electrons. The van der Waals surface area contributed by atoms with E-state index in [4.69, 9.17) is 4.98 Å². The quantitative estimate of drug-likeness (QED) is 0.327. The molecule has 0 unspecified atom stereocenters. The summed E-state index contributed by atoms with van der Waals surface area (Å²) in [4.78, 5) is 20.1. The Bertz CT molecular complexity index is 1290. The first kappa shape index (κ1) is 20.0. The average molecular weight is 414 g/mol. The molecule has 0 radical (unpaired) electrons. The van der Waals surface area contributed by atoms with Crippen LogP contribution in [0.25, 0.3) is 22.2 Å². The fourth-order valence-corrected chi connectivity index (χ4v) is 4.10. The number of hydrogen-bond donors (Lipinski definition) is 1. The van der Waals surface area contributed by atoms with Gasteiger partial charge in [0.2, 0.25) is 0 Å². The smallest absolute Gasteiger partial charge is 0.267 e. The lowest BCUT2D eigenvalue weighted by Gasteiger charge is -2.10. The van der Waals surface area contributed by atoms with E-state index in [1.807, 2.05) is 55.5 Å². The minimum Gasteiger partial charge on any atom is -0.267 e. The van der Waals surface area contributed by atoms with Crippen molar-refractivity contribution in [2.45, 2.75) is 27.7 Å². The number of aromatic nitrogens is 1. The van der Waals surface area contributed by atoms with Crippen LogP contribution in [0, 0.1) is 20.8 Å². The summed E-state index contributed by atoms with van der Waals surface area (Å²) in [5.74, 6) is -0.244. The van der Waals surface area contributed by atoms with Gasteiger partial charge in [-0.2, -0.15) is 5.10 Å². The van der Waals surface area contributed by atoms with E-state index in [9.17, 15) is 4.79 Å². The topological polar surface area (TPSA) is 54.4 Å². The summed E-state index contributed by atoms with van der Waals surface area (Å²) >= 11 is 1.66. The lowest BCUT2D eigenvalue weighted by atomic mass is 10.0. The number of benzene rings is 2. The third kappa shape index (κ3) is 4.02. The van der Waals surface area contributed by atoms with Crippen LogP contribution in [-0.4, -0.2) is 16.6 Å². The number of hydrogen-bond acceptors (Lipinski definition) is 4. The SMILES string of the molecule is CC(=NNC(=O)c1cc(-c2ccc(C)c(C)c2)nc2ccccc12)c1ccc(C)s1. The summed E-state index contributed by atoms with van der Waals surface area (Å²) in [6.07, 6.45) is 0. The Morgan fingerprint density at radius 2 is 1.77 bits per heavy atom. The summed E-state index contributed by atoms with van der Waals surface area (Å²) in [7, 11) is 0. The van der Waals surface area contributed by atoms with Crippen LogP contribution < -0.4 is 5.43 Å². The molecule has 2 aromatic heterocycles. The van der Waals surface area contributed by atoms with Crippen molar-refractivity contribution < 1.29 is 4.79 Å². The zero-order valence-corrected chi connectivity index (χ0v) is 18.3. The maximum Gasteiger partial charge on any atom is 0.272 e. The van der Waals surface area contributed by atoms with Gasteiger partial charge in [-0.3, -0.25) is 4.79 Å². The van der Waals surface area contributed by atoms with E-state index in [0.29, 0.717) is 5.56 Å². The first-order valence-electron chi connectivity index (χ1n) is 9.81. The molecule has 4 aromatic rings. The molecule has 1 N–H and O–H groups in total. The maximum absolute atomic E-state index is 13.1. The molecule has 0 atom stereocenters. The number of carbonyl (C=O) groups excluding carboxylic acids is 1. The zero-order chi connectivity index (χ0) is 21.3. The van der Waals surface area contributed by atoms with Crippen LogP contribution in [0.15, 0.2) is 65.8 Å².